The van der Waals surface area contributed by atoms with E-state index in [1.807, 2.05) is 12.1 Å². The van der Waals surface area contributed by atoms with E-state index in [0.717, 1.165) is 15.6 Å². The van der Waals surface area contributed by atoms with Crippen molar-refractivity contribution in [2.45, 2.75) is 4.83 Å². The van der Waals surface area contributed by atoms with Crippen molar-refractivity contribution in [1.82, 2.24) is 0 Å². The maximum atomic E-state index is 13.3. The van der Waals surface area contributed by atoms with Gasteiger partial charge in [-0.1, -0.05) is 49.5 Å². The van der Waals surface area contributed by atoms with E-state index in [1.54, 1.807) is 19.2 Å². The second-order valence-corrected chi connectivity index (χ2v) is 6.09. The molecule has 0 aromatic heterocycles. The second-order valence-electron chi connectivity index (χ2n) is 3.92. The number of ether oxygens (including phenoxy) is 1. The topological polar surface area (TPSA) is 9.23 Å². The zero-order chi connectivity index (χ0) is 14.0. The van der Waals surface area contributed by atoms with Gasteiger partial charge in [0, 0.05) is 9.50 Å². The first-order chi connectivity index (χ1) is 9.02. The molecule has 0 bridgehead atoms. The van der Waals surface area contributed by atoms with Crippen LogP contribution >= 0.6 is 43.5 Å². The molecule has 100 valence electrons. The van der Waals surface area contributed by atoms with E-state index in [4.69, 9.17) is 16.3 Å². The van der Waals surface area contributed by atoms with Gasteiger partial charge in [0.15, 0.2) is 0 Å². The SMILES string of the molecule is COc1ccc(C(Br)c2cc(F)ccc2Br)c(Cl)c1. The van der Waals surface area contributed by atoms with E-state index in [9.17, 15) is 4.39 Å². The Hall–Kier alpha value is -0.580. The quantitative estimate of drug-likeness (QED) is 0.589. The Morgan fingerprint density at radius 2 is 1.89 bits per heavy atom. The van der Waals surface area contributed by atoms with Crippen LogP contribution in [0.4, 0.5) is 4.39 Å². The van der Waals surface area contributed by atoms with Crippen molar-refractivity contribution in [3.05, 3.63) is 62.8 Å². The van der Waals surface area contributed by atoms with Gasteiger partial charge in [-0.3, -0.25) is 0 Å². The van der Waals surface area contributed by atoms with Crippen LogP contribution in [0, 0.1) is 5.82 Å². The summed E-state index contributed by atoms with van der Waals surface area (Å²) in [6.45, 7) is 0. The second kappa shape index (κ2) is 6.25. The van der Waals surface area contributed by atoms with Crippen LogP contribution in [0.1, 0.15) is 16.0 Å². The summed E-state index contributed by atoms with van der Waals surface area (Å²) in [6, 6.07) is 9.97. The molecule has 5 heteroatoms. The lowest BCUT2D eigenvalue weighted by molar-refractivity contribution is 0.414. The van der Waals surface area contributed by atoms with Crippen LogP contribution in [-0.4, -0.2) is 7.11 Å². The summed E-state index contributed by atoms with van der Waals surface area (Å²) in [5.74, 6) is 0.402. The summed E-state index contributed by atoms with van der Waals surface area (Å²) >= 11 is 13.2. The average Bonchev–Trinajstić information content (AvgIpc) is 2.40. The van der Waals surface area contributed by atoms with E-state index >= 15 is 0 Å². The Balaban J connectivity index is 2.43. The minimum absolute atomic E-state index is 0.198. The summed E-state index contributed by atoms with van der Waals surface area (Å²) in [7, 11) is 1.58. The van der Waals surface area contributed by atoms with Gasteiger partial charge in [0.25, 0.3) is 0 Å². The van der Waals surface area contributed by atoms with Gasteiger partial charge in [0.2, 0.25) is 0 Å². The van der Waals surface area contributed by atoms with Crippen molar-refractivity contribution >= 4 is 43.5 Å². The largest absolute Gasteiger partial charge is 0.497 e. The summed E-state index contributed by atoms with van der Waals surface area (Å²) in [5.41, 5.74) is 1.64. The third-order valence-electron chi connectivity index (χ3n) is 2.71. The van der Waals surface area contributed by atoms with Crippen LogP contribution < -0.4 is 4.74 Å². The number of alkyl halides is 1. The highest BCUT2D eigenvalue weighted by molar-refractivity contribution is 9.11. The van der Waals surface area contributed by atoms with Gasteiger partial charge in [0.1, 0.15) is 11.6 Å². The van der Waals surface area contributed by atoms with Crippen LogP contribution in [0.25, 0.3) is 0 Å². The Bertz CT molecular complexity index is 604. The zero-order valence-corrected chi connectivity index (χ0v) is 13.9. The van der Waals surface area contributed by atoms with E-state index in [0.29, 0.717) is 10.8 Å². The molecule has 0 saturated heterocycles. The molecule has 19 heavy (non-hydrogen) atoms. The molecule has 0 aliphatic heterocycles. The summed E-state index contributed by atoms with van der Waals surface area (Å²) in [4.78, 5) is -0.198. The normalized spacial score (nSPS) is 12.3. The molecular weight excluding hydrogens is 398 g/mol. The van der Waals surface area contributed by atoms with E-state index in [2.05, 4.69) is 31.9 Å². The Morgan fingerprint density at radius 3 is 2.53 bits per heavy atom. The molecule has 2 rings (SSSR count). The molecule has 1 unspecified atom stereocenters. The number of benzene rings is 2. The maximum absolute atomic E-state index is 13.3. The number of halogens is 4. The van der Waals surface area contributed by atoms with Crippen molar-refractivity contribution in [3.8, 4) is 5.75 Å². The lowest BCUT2D eigenvalue weighted by atomic mass is 10.0. The average molecular weight is 408 g/mol. The lowest BCUT2D eigenvalue weighted by Crippen LogP contribution is -1.97. The Morgan fingerprint density at radius 1 is 1.16 bits per heavy atom. The van der Waals surface area contributed by atoms with E-state index in [1.165, 1.54) is 12.1 Å². The van der Waals surface area contributed by atoms with Gasteiger partial charge >= 0.3 is 0 Å². The number of hydrogen-bond donors (Lipinski definition) is 0. The maximum Gasteiger partial charge on any atom is 0.123 e. The molecule has 0 amide bonds. The first kappa shape index (κ1) is 14.8. The number of methoxy groups -OCH3 is 1. The third-order valence-corrected chi connectivity index (χ3v) is 4.75. The monoisotopic (exact) mass is 406 g/mol. The third kappa shape index (κ3) is 3.30. The van der Waals surface area contributed by atoms with Crippen molar-refractivity contribution in [2.24, 2.45) is 0 Å². The van der Waals surface area contributed by atoms with Crippen LogP contribution in [0.5, 0.6) is 5.75 Å². The first-order valence-electron chi connectivity index (χ1n) is 5.45. The van der Waals surface area contributed by atoms with Crippen molar-refractivity contribution in [1.29, 1.82) is 0 Å². The molecule has 2 aromatic carbocycles. The molecule has 1 atom stereocenters. The van der Waals surface area contributed by atoms with E-state index < -0.39 is 0 Å². The van der Waals surface area contributed by atoms with Crippen molar-refractivity contribution < 1.29 is 9.13 Å². The Labute approximate surface area is 133 Å². The van der Waals surface area contributed by atoms with Crippen molar-refractivity contribution in [3.63, 3.8) is 0 Å². The lowest BCUT2D eigenvalue weighted by Gasteiger charge is -2.15. The molecular formula is C14H10Br2ClFO. The molecule has 0 aliphatic rings. The summed E-state index contributed by atoms with van der Waals surface area (Å²) in [5, 5.41) is 0.567. The fourth-order valence-corrected chi connectivity index (χ4v) is 3.69. The zero-order valence-electron chi connectivity index (χ0n) is 9.96. The predicted octanol–water partition coefficient (Wildman–Crippen LogP) is 5.73. The van der Waals surface area contributed by atoms with Crippen LogP contribution in [0.2, 0.25) is 5.02 Å². The molecule has 1 nitrogen and oxygen atoms in total. The molecule has 0 fully saturated rings. The predicted molar refractivity (Wildman–Crippen MR) is 82.9 cm³/mol. The number of rotatable bonds is 3. The summed E-state index contributed by atoms with van der Waals surface area (Å²) in [6.07, 6.45) is 0. The van der Waals surface area contributed by atoms with Gasteiger partial charge in [-0.2, -0.15) is 0 Å². The van der Waals surface area contributed by atoms with Crippen LogP contribution in [0.15, 0.2) is 40.9 Å². The van der Waals surface area contributed by atoms with Gasteiger partial charge in [-0.05, 0) is 41.5 Å². The molecule has 0 aliphatic carbocycles. The minimum Gasteiger partial charge on any atom is -0.497 e. The van der Waals surface area contributed by atoms with Crippen LogP contribution in [0.3, 0.4) is 0 Å². The standard InChI is InChI=1S/C14H10Br2ClFO/c1-19-9-3-4-10(13(17)7-9)14(16)11-6-8(18)2-5-12(11)15/h2-7,14H,1H3. The molecule has 0 saturated carbocycles. The molecule has 2 aromatic rings. The summed E-state index contributed by atoms with van der Waals surface area (Å²) < 4.78 is 19.3. The fraction of sp³-hybridized carbons (Fsp3) is 0.143. The Kier molecular flexibility index (Phi) is 4.87. The highest BCUT2D eigenvalue weighted by atomic mass is 79.9. The highest BCUT2D eigenvalue weighted by Crippen LogP contribution is 2.39. The van der Waals surface area contributed by atoms with Gasteiger partial charge < -0.3 is 4.74 Å². The highest BCUT2D eigenvalue weighted by Gasteiger charge is 2.17. The van der Waals surface area contributed by atoms with Gasteiger partial charge in [-0.25, -0.2) is 4.39 Å². The first-order valence-corrected chi connectivity index (χ1v) is 7.54. The minimum atomic E-state index is -0.285. The smallest absolute Gasteiger partial charge is 0.123 e. The van der Waals surface area contributed by atoms with Crippen molar-refractivity contribution in [2.75, 3.05) is 7.11 Å². The molecule has 0 N–H and O–H groups in total. The molecule has 0 spiro atoms. The van der Waals surface area contributed by atoms with Gasteiger partial charge in [0.05, 0.1) is 11.9 Å². The molecule has 0 radical (unpaired) electrons. The van der Waals surface area contributed by atoms with Gasteiger partial charge in [-0.15, -0.1) is 0 Å². The van der Waals surface area contributed by atoms with Crippen LogP contribution in [-0.2, 0) is 0 Å². The number of hydrogen-bond acceptors (Lipinski definition) is 1. The fourth-order valence-electron chi connectivity index (χ4n) is 1.72. The molecule has 0 heterocycles. The van der Waals surface area contributed by atoms with E-state index in [-0.39, 0.29) is 10.6 Å².